The van der Waals surface area contributed by atoms with Crippen molar-refractivity contribution in [1.29, 1.82) is 0 Å². The number of nitrogens with zero attached hydrogens (tertiary/aromatic N) is 1. The molecule has 0 aromatic heterocycles. The highest BCUT2D eigenvalue weighted by Crippen LogP contribution is 2.17. The third-order valence-electron chi connectivity index (χ3n) is 3.79. The first-order chi connectivity index (χ1) is 8.55. The summed E-state index contributed by atoms with van der Waals surface area (Å²) in [6, 6.07) is 0.346. The van der Waals surface area contributed by atoms with E-state index in [4.69, 9.17) is 9.47 Å². The summed E-state index contributed by atoms with van der Waals surface area (Å²) in [5.41, 5.74) is 0. The molecule has 106 valence electrons. The van der Waals surface area contributed by atoms with E-state index in [1.807, 2.05) is 13.8 Å². The summed E-state index contributed by atoms with van der Waals surface area (Å²) in [5, 5.41) is 3.56. The average molecular weight is 256 g/mol. The lowest BCUT2D eigenvalue weighted by molar-refractivity contribution is -0.253. The topological polar surface area (TPSA) is 33.7 Å². The second-order valence-electron chi connectivity index (χ2n) is 6.24. The minimum Gasteiger partial charge on any atom is -0.349 e. The highest BCUT2D eigenvalue weighted by molar-refractivity contribution is 4.76. The van der Waals surface area contributed by atoms with Gasteiger partial charge in [-0.05, 0) is 52.2 Å². The first-order valence-corrected chi connectivity index (χ1v) is 7.29. The summed E-state index contributed by atoms with van der Waals surface area (Å²) in [6.07, 6.45) is 2.75. The van der Waals surface area contributed by atoms with Gasteiger partial charge < -0.3 is 19.7 Å². The molecular weight excluding hydrogens is 228 g/mol. The SMILES string of the molecule is CC(CNC1COC(C)(C)OC1)CN1CCCC1. The molecule has 0 saturated carbocycles. The minimum absolute atomic E-state index is 0.346. The van der Waals surface area contributed by atoms with E-state index < -0.39 is 5.79 Å². The lowest BCUT2D eigenvalue weighted by Gasteiger charge is -2.35. The monoisotopic (exact) mass is 256 g/mol. The molecule has 0 spiro atoms. The van der Waals surface area contributed by atoms with E-state index in [1.54, 1.807) is 0 Å². The van der Waals surface area contributed by atoms with E-state index in [0.717, 1.165) is 19.8 Å². The molecule has 2 heterocycles. The summed E-state index contributed by atoms with van der Waals surface area (Å²) in [5.74, 6) is 0.289. The lowest BCUT2D eigenvalue weighted by atomic mass is 10.1. The van der Waals surface area contributed by atoms with Crippen LogP contribution in [0.1, 0.15) is 33.6 Å². The van der Waals surface area contributed by atoms with E-state index in [9.17, 15) is 0 Å². The third-order valence-corrected chi connectivity index (χ3v) is 3.79. The third kappa shape index (κ3) is 4.50. The number of hydrogen-bond donors (Lipinski definition) is 1. The molecule has 2 rings (SSSR count). The molecule has 4 nitrogen and oxygen atoms in total. The van der Waals surface area contributed by atoms with Crippen LogP contribution in [0.25, 0.3) is 0 Å². The molecule has 1 unspecified atom stereocenters. The van der Waals surface area contributed by atoms with Crippen LogP contribution in [-0.4, -0.2) is 56.1 Å². The fourth-order valence-corrected chi connectivity index (χ4v) is 2.65. The zero-order chi connectivity index (χ0) is 13.0. The van der Waals surface area contributed by atoms with E-state index in [1.165, 1.54) is 32.5 Å². The van der Waals surface area contributed by atoms with Gasteiger partial charge in [0.2, 0.25) is 0 Å². The number of likely N-dealkylation sites (tertiary alicyclic amines) is 1. The molecule has 18 heavy (non-hydrogen) atoms. The molecule has 4 heteroatoms. The molecule has 2 aliphatic rings. The highest BCUT2D eigenvalue weighted by atomic mass is 16.7. The largest absolute Gasteiger partial charge is 0.349 e. The van der Waals surface area contributed by atoms with Crippen molar-refractivity contribution in [2.45, 2.75) is 45.4 Å². The molecule has 2 saturated heterocycles. The smallest absolute Gasteiger partial charge is 0.162 e. The van der Waals surface area contributed by atoms with Crippen molar-refractivity contribution in [2.24, 2.45) is 5.92 Å². The zero-order valence-corrected chi connectivity index (χ0v) is 12.1. The Morgan fingerprint density at radius 2 is 1.83 bits per heavy atom. The Morgan fingerprint density at radius 3 is 2.44 bits per heavy atom. The Balaban J connectivity index is 1.59. The Bertz CT molecular complexity index is 242. The van der Waals surface area contributed by atoms with Crippen LogP contribution in [0.15, 0.2) is 0 Å². The van der Waals surface area contributed by atoms with Gasteiger partial charge in [0.15, 0.2) is 5.79 Å². The van der Waals surface area contributed by atoms with Crippen LogP contribution in [0.2, 0.25) is 0 Å². The highest BCUT2D eigenvalue weighted by Gasteiger charge is 2.28. The number of rotatable bonds is 5. The summed E-state index contributed by atoms with van der Waals surface area (Å²) in [6.45, 7) is 12.6. The van der Waals surface area contributed by atoms with Gasteiger partial charge in [-0.2, -0.15) is 0 Å². The summed E-state index contributed by atoms with van der Waals surface area (Å²) in [4.78, 5) is 2.57. The van der Waals surface area contributed by atoms with Crippen LogP contribution in [0.5, 0.6) is 0 Å². The van der Waals surface area contributed by atoms with Crippen molar-refractivity contribution in [3.8, 4) is 0 Å². The molecule has 1 atom stereocenters. The number of nitrogens with one attached hydrogen (secondary N) is 1. The van der Waals surface area contributed by atoms with Gasteiger partial charge in [0.25, 0.3) is 0 Å². The quantitative estimate of drug-likeness (QED) is 0.807. The molecule has 0 bridgehead atoms. The van der Waals surface area contributed by atoms with Crippen LogP contribution in [0.3, 0.4) is 0 Å². The molecule has 0 radical (unpaired) electrons. The van der Waals surface area contributed by atoms with Gasteiger partial charge in [0.05, 0.1) is 19.3 Å². The van der Waals surface area contributed by atoms with E-state index in [-0.39, 0.29) is 0 Å². The van der Waals surface area contributed by atoms with Gasteiger partial charge in [0.1, 0.15) is 0 Å². The second-order valence-corrected chi connectivity index (χ2v) is 6.24. The molecular formula is C14H28N2O2. The predicted molar refractivity (Wildman–Crippen MR) is 72.6 cm³/mol. The van der Waals surface area contributed by atoms with Crippen molar-refractivity contribution < 1.29 is 9.47 Å². The van der Waals surface area contributed by atoms with Crippen molar-refractivity contribution in [2.75, 3.05) is 39.4 Å². The Labute approximate surface area is 111 Å². The van der Waals surface area contributed by atoms with Crippen LogP contribution >= 0.6 is 0 Å². The van der Waals surface area contributed by atoms with Crippen molar-refractivity contribution in [3.05, 3.63) is 0 Å². The average Bonchev–Trinajstić information content (AvgIpc) is 2.80. The Kier molecular flexibility index (Phi) is 5.01. The Hall–Kier alpha value is -0.160. The maximum absolute atomic E-state index is 5.65. The number of ether oxygens (including phenoxy) is 2. The molecule has 0 aromatic rings. The first kappa shape index (κ1) is 14.3. The van der Waals surface area contributed by atoms with Crippen LogP contribution in [0.4, 0.5) is 0 Å². The summed E-state index contributed by atoms with van der Waals surface area (Å²) < 4.78 is 11.3. The minimum atomic E-state index is -0.403. The van der Waals surface area contributed by atoms with Gasteiger partial charge in [-0.15, -0.1) is 0 Å². The van der Waals surface area contributed by atoms with Crippen LogP contribution in [-0.2, 0) is 9.47 Å². The van der Waals surface area contributed by atoms with Gasteiger partial charge in [0, 0.05) is 6.54 Å². The van der Waals surface area contributed by atoms with Crippen LogP contribution in [0, 0.1) is 5.92 Å². The van der Waals surface area contributed by atoms with Gasteiger partial charge in [-0.3, -0.25) is 0 Å². The van der Waals surface area contributed by atoms with Gasteiger partial charge in [-0.1, -0.05) is 6.92 Å². The number of hydrogen-bond acceptors (Lipinski definition) is 4. The molecule has 0 aliphatic carbocycles. The fraction of sp³-hybridized carbons (Fsp3) is 1.00. The molecule has 1 N–H and O–H groups in total. The molecule has 0 amide bonds. The van der Waals surface area contributed by atoms with E-state index in [0.29, 0.717) is 12.0 Å². The van der Waals surface area contributed by atoms with Crippen molar-refractivity contribution in [3.63, 3.8) is 0 Å². The maximum atomic E-state index is 5.65. The first-order valence-electron chi connectivity index (χ1n) is 7.29. The van der Waals surface area contributed by atoms with Gasteiger partial charge >= 0.3 is 0 Å². The molecule has 0 aromatic carbocycles. The lowest BCUT2D eigenvalue weighted by Crippen LogP contribution is -2.49. The zero-order valence-electron chi connectivity index (χ0n) is 12.1. The summed E-state index contributed by atoms with van der Waals surface area (Å²) in [7, 11) is 0. The predicted octanol–water partition coefficient (Wildman–Crippen LogP) is 1.46. The van der Waals surface area contributed by atoms with Gasteiger partial charge in [-0.25, -0.2) is 0 Å². The fourth-order valence-electron chi connectivity index (χ4n) is 2.65. The standard InChI is InChI=1S/C14H28N2O2/c1-12(9-16-6-4-5-7-16)8-15-13-10-17-14(2,3)18-11-13/h12-13,15H,4-11H2,1-3H3. The van der Waals surface area contributed by atoms with Crippen molar-refractivity contribution >= 4 is 0 Å². The maximum Gasteiger partial charge on any atom is 0.162 e. The Morgan fingerprint density at radius 1 is 1.22 bits per heavy atom. The second kappa shape index (κ2) is 6.33. The normalized spacial score (nSPS) is 27.5. The summed E-state index contributed by atoms with van der Waals surface area (Å²) >= 11 is 0. The molecule has 2 aliphatic heterocycles. The van der Waals surface area contributed by atoms with E-state index >= 15 is 0 Å². The molecule has 2 fully saturated rings. The van der Waals surface area contributed by atoms with Crippen LogP contribution < -0.4 is 5.32 Å². The van der Waals surface area contributed by atoms with Crippen molar-refractivity contribution in [1.82, 2.24) is 10.2 Å². The van der Waals surface area contributed by atoms with E-state index in [2.05, 4.69) is 17.1 Å².